The Labute approximate surface area is 268 Å². The molecule has 12 heteroatoms. The van der Waals surface area contributed by atoms with Crippen molar-refractivity contribution in [2.45, 2.75) is 62.4 Å². The average molecular weight is 647 g/mol. The largest absolute Gasteiger partial charge is 0.508 e. The number of phenols is 1. The fraction of sp³-hybridized carbons (Fsp3) is 0.457. The summed E-state index contributed by atoms with van der Waals surface area (Å²) in [6.07, 6.45) is 10.5. The zero-order valence-electron chi connectivity index (χ0n) is 25.9. The van der Waals surface area contributed by atoms with Crippen molar-refractivity contribution in [1.82, 2.24) is 19.9 Å². The van der Waals surface area contributed by atoms with Crippen molar-refractivity contribution in [3.63, 3.8) is 0 Å². The lowest BCUT2D eigenvalue weighted by Crippen LogP contribution is -2.52. The number of benzene rings is 2. The number of rotatable bonds is 5. The number of halogens is 4. The molecular weight excluding hydrogens is 612 g/mol. The number of phenolic OH excluding ortho intramolecular Hbond substituents is 1. The molecule has 1 spiro atoms. The smallest absolute Gasteiger partial charge is 0.319 e. The number of nitrogens with zero attached hydrogens (tertiary/aromatic N) is 5. The highest BCUT2D eigenvalue weighted by atomic mass is 19.3. The fourth-order valence-corrected chi connectivity index (χ4v) is 8.37. The number of alkyl halides is 2. The summed E-state index contributed by atoms with van der Waals surface area (Å²) in [4.78, 5) is 17.8. The number of terminal acetylenes is 1. The normalized spacial score (nSPS) is 28.2. The van der Waals surface area contributed by atoms with Crippen LogP contribution in [0.2, 0.25) is 0 Å². The maximum atomic E-state index is 16.8. The summed E-state index contributed by atoms with van der Waals surface area (Å²) in [6.45, 7) is 4.14. The number of fused-ring (bicyclic) bond motifs is 3. The van der Waals surface area contributed by atoms with E-state index in [0.29, 0.717) is 49.1 Å². The van der Waals surface area contributed by atoms with Gasteiger partial charge in [-0.05, 0) is 69.2 Å². The zero-order chi connectivity index (χ0) is 32.9. The lowest BCUT2D eigenvalue weighted by Gasteiger charge is -2.39. The van der Waals surface area contributed by atoms with Crippen LogP contribution in [0.25, 0.3) is 32.9 Å². The maximum Gasteiger partial charge on any atom is 0.319 e. The highest BCUT2D eigenvalue weighted by molar-refractivity contribution is 6.03. The summed E-state index contributed by atoms with van der Waals surface area (Å²) in [5, 5.41) is 11.5. The Balaban J connectivity index is 1.25. The first-order chi connectivity index (χ1) is 22.3. The molecule has 0 amide bonds. The molecule has 0 bridgehead atoms. The van der Waals surface area contributed by atoms with E-state index >= 15 is 4.39 Å². The number of aromatic hydroxyl groups is 1. The third-order valence-corrected chi connectivity index (χ3v) is 10.7. The van der Waals surface area contributed by atoms with Gasteiger partial charge in [-0.3, -0.25) is 9.88 Å². The van der Waals surface area contributed by atoms with Crippen molar-refractivity contribution in [2.75, 3.05) is 37.7 Å². The van der Waals surface area contributed by atoms with Crippen LogP contribution in [0.5, 0.6) is 11.8 Å². The molecular formula is C35H34F4N6O2. The summed E-state index contributed by atoms with van der Waals surface area (Å²) in [5.74, 6) is -1.61. The van der Waals surface area contributed by atoms with Crippen LogP contribution in [0.3, 0.4) is 0 Å². The molecule has 2 aromatic carbocycles. The Morgan fingerprint density at radius 2 is 1.87 bits per heavy atom. The number of hydrogen-bond donors (Lipinski definition) is 2. The van der Waals surface area contributed by atoms with Gasteiger partial charge in [-0.15, -0.1) is 6.42 Å². The number of hydrogen-bond acceptors (Lipinski definition) is 8. The molecule has 4 aliphatic rings. The van der Waals surface area contributed by atoms with E-state index in [0.717, 1.165) is 25.8 Å². The monoisotopic (exact) mass is 646 g/mol. The lowest BCUT2D eigenvalue weighted by atomic mass is 9.89. The molecule has 3 atom stereocenters. The molecule has 1 saturated carbocycles. The van der Waals surface area contributed by atoms with Gasteiger partial charge >= 0.3 is 6.01 Å². The minimum atomic E-state index is -2.68. The van der Waals surface area contributed by atoms with Crippen molar-refractivity contribution in [3.8, 4) is 35.4 Å². The maximum absolute atomic E-state index is 16.8. The van der Waals surface area contributed by atoms with E-state index < -0.39 is 34.0 Å². The number of nitrogens with two attached hydrogens (primary N) is 1. The zero-order valence-corrected chi connectivity index (χ0v) is 25.9. The molecule has 3 unspecified atom stereocenters. The minimum absolute atomic E-state index is 0.0855. The summed E-state index contributed by atoms with van der Waals surface area (Å²) >= 11 is 0. The first-order valence-electron chi connectivity index (χ1n) is 15.9. The van der Waals surface area contributed by atoms with E-state index in [1.165, 1.54) is 30.5 Å². The summed E-state index contributed by atoms with van der Waals surface area (Å²) in [6, 6.07) is 5.27. The number of piperidine rings is 1. The van der Waals surface area contributed by atoms with Crippen LogP contribution in [-0.2, 0) is 0 Å². The first kappa shape index (κ1) is 30.1. The van der Waals surface area contributed by atoms with E-state index in [1.54, 1.807) is 0 Å². The van der Waals surface area contributed by atoms with Gasteiger partial charge in [-0.2, -0.15) is 9.97 Å². The van der Waals surface area contributed by atoms with E-state index in [4.69, 9.17) is 21.9 Å². The van der Waals surface area contributed by atoms with Gasteiger partial charge in [0.1, 0.15) is 35.2 Å². The second kappa shape index (κ2) is 10.1. The van der Waals surface area contributed by atoms with Crippen LogP contribution in [-0.4, -0.2) is 74.7 Å². The molecule has 1 aliphatic carbocycles. The third-order valence-electron chi connectivity index (χ3n) is 10.7. The third kappa shape index (κ3) is 4.69. The van der Waals surface area contributed by atoms with Gasteiger partial charge in [-0.25, -0.2) is 17.6 Å². The van der Waals surface area contributed by atoms with Crippen LogP contribution in [0.15, 0.2) is 30.5 Å². The predicted molar refractivity (Wildman–Crippen MR) is 169 cm³/mol. The molecule has 47 heavy (non-hydrogen) atoms. The SMILES string of the molecule is C#Cc1c(F)ccc2cc(O)cc(-c3ncc4c(N5CCCC(C)(N)C5)nc(OCC56CCCN5CC5(C6)CC5(F)F)nc4c3F)c12. The number of pyridine rings is 1. The van der Waals surface area contributed by atoms with E-state index in [9.17, 15) is 18.3 Å². The van der Waals surface area contributed by atoms with Crippen molar-refractivity contribution in [1.29, 1.82) is 0 Å². The lowest BCUT2D eigenvalue weighted by molar-refractivity contribution is 0.0647. The summed E-state index contributed by atoms with van der Waals surface area (Å²) in [5.41, 5.74) is 4.17. The first-order valence-corrected chi connectivity index (χ1v) is 15.9. The molecule has 2 aromatic heterocycles. The minimum Gasteiger partial charge on any atom is -0.508 e. The Hall–Kier alpha value is -4.21. The van der Waals surface area contributed by atoms with Gasteiger partial charge in [0.15, 0.2) is 5.82 Å². The average Bonchev–Trinajstić information content (AvgIpc) is 3.24. The molecule has 0 radical (unpaired) electrons. The van der Waals surface area contributed by atoms with Gasteiger partial charge in [0, 0.05) is 48.7 Å². The quantitative estimate of drug-likeness (QED) is 0.208. The Morgan fingerprint density at radius 3 is 2.62 bits per heavy atom. The molecule has 8 nitrogen and oxygen atoms in total. The second-order valence-electron chi connectivity index (χ2n) is 14.2. The fourth-order valence-electron chi connectivity index (χ4n) is 8.37. The van der Waals surface area contributed by atoms with Gasteiger partial charge in [0.05, 0.1) is 21.9 Å². The predicted octanol–water partition coefficient (Wildman–Crippen LogP) is 5.77. The molecule has 3 saturated heterocycles. The number of anilines is 1. The molecule has 4 fully saturated rings. The van der Waals surface area contributed by atoms with Crippen LogP contribution in [0.1, 0.15) is 51.0 Å². The highest BCUT2D eigenvalue weighted by Gasteiger charge is 2.77. The summed E-state index contributed by atoms with van der Waals surface area (Å²) < 4.78 is 66.8. The molecule has 5 heterocycles. The van der Waals surface area contributed by atoms with E-state index in [1.807, 2.05) is 11.8 Å². The van der Waals surface area contributed by atoms with Crippen molar-refractivity contribution in [2.24, 2.45) is 11.1 Å². The summed E-state index contributed by atoms with van der Waals surface area (Å²) in [7, 11) is 0. The number of ether oxygens (including phenoxy) is 1. The Morgan fingerprint density at radius 1 is 1.09 bits per heavy atom. The molecule has 4 aromatic rings. The van der Waals surface area contributed by atoms with E-state index in [2.05, 4.69) is 20.8 Å². The molecule has 3 aliphatic heterocycles. The van der Waals surface area contributed by atoms with Gasteiger partial charge in [0.2, 0.25) is 0 Å². The van der Waals surface area contributed by atoms with Gasteiger partial charge in [-0.1, -0.05) is 12.0 Å². The van der Waals surface area contributed by atoms with Crippen LogP contribution < -0.4 is 15.4 Å². The van der Waals surface area contributed by atoms with E-state index in [-0.39, 0.29) is 52.5 Å². The Kier molecular flexibility index (Phi) is 6.51. The van der Waals surface area contributed by atoms with Crippen LogP contribution in [0, 0.1) is 29.4 Å². The van der Waals surface area contributed by atoms with Crippen molar-refractivity contribution < 1.29 is 27.4 Å². The highest BCUT2D eigenvalue weighted by Crippen LogP contribution is 2.69. The molecule has 244 valence electrons. The van der Waals surface area contributed by atoms with Crippen LogP contribution in [0.4, 0.5) is 23.4 Å². The van der Waals surface area contributed by atoms with Crippen molar-refractivity contribution in [3.05, 3.63) is 47.7 Å². The van der Waals surface area contributed by atoms with Crippen molar-refractivity contribution >= 4 is 27.5 Å². The standard InChI is InChI=1S/C35H34F4N6O2/c1-3-22-25(36)7-6-20-12-21(46)13-23(26(20)22)28-27(37)29-24(14-41-28)30(44-10-4-8-32(2,40)17-44)43-31(42-29)47-19-34-9-5-11-45(34)18-33(15-34)16-35(33,38)39/h1,6-7,12-14,46H,4-5,8-11,15-19,40H2,2H3. The Bertz CT molecular complexity index is 2010. The molecule has 3 N–H and O–H groups in total. The van der Waals surface area contributed by atoms with Gasteiger partial charge < -0.3 is 20.5 Å². The van der Waals surface area contributed by atoms with Gasteiger partial charge in [0.25, 0.3) is 5.92 Å². The number of aromatic nitrogens is 3. The second-order valence-corrected chi connectivity index (χ2v) is 14.2. The topological polar surface area (TPSA) is 101 Å². The van der Waals surface area contributed by atoms with Crippen LogP contribution >= 0.6 is 0 Å². The molecule has 8 rings (SSSR count).